The molecule has 0 aliphatic carbocycles. The average molecular weight is 675 g/mol. The fraction of sp³-hybridized carbons (Fsp3) is 0.650. The fourth-order valence-corrected chi connectivity index (χ4v) is 6.19. The molecule has 0 fully saturated rings. The van der Waals surface area contributed by atoms with Gasteiger partial charge in [0.05, 0.1) is 64.5 Å². The Morgan fingerprint density at radius 3 is 0.851 bits per heavy atom. The summed E-state index contributed by atoms with van der Waals surface area (Å²) < 4.78 is 2.63. The van der Waals surface area contributed by atoms with Crippen molar-refractivity contribution in [1.29, 1.82) is 0 Å². The van der Waals surface area contributed by atoms with E-state index < -0.39 is 11.9 Å². The minimum atomic E-state index is -0.956. The smallest absolute Gasteiger partial charge is 0.335 e. The first-order valence-corrected chi connectivity index (χ1v) is 19.3. The molecule has 0 saturated carbocycles. The van der Waals surface area contributed by atoms with Crippen LogP contribution in [-0.2, 0) is 0 Å². The topological polar surface area (TPSA) is 74.6 Å². The minimum absolute atomic E-state index is 0.241. The number of aromatic carboxylic acids is 2. The van der Waals surface area contributed by atoms with Crippen molar-refractivity contribution in [1.82, 2.24) is 0 Å². The molecule has 0 spiro atoms. The van der Waals surface area contributed by atoms with E-state index in [4.69, 9.17) is 10.2 Å². The van der Waals surface area contributed by atoms with Crippen molar-refractivity contribution in [3.63, 3.8) is 0 Å². The maximum Gasteiger partial charge on any atom is 0.335 e. The maximum absolute atomic E-state index is 10.7. The van der Waals surface area contributed by atoms with E-state index in [1.807, 2.05) is 0 Å². The molecule has 0 saturated heterocycles. The van der Waals surface area contributed by atoms with Crippen LogP contribution in [0.3, 0.4) is 0 Å². The second-order valence-electron chi connectivity index (χ2n) is 13.5. The number of benzene rings is 2. The van der Waals surface area contributed by atoms with E-state index in [1.54, 1.807) is 24.3 Å². The quantitative estimate of drug-likeness (QED) is 0.122. The molecule has 268 valence electrons. The maximum atomic E-state index is 10.7. The second-order valence-corrected chi connectivity index (χ2v) is 14.6. The van der Waals surface area contributed by atoms with Crippen molar-refractivity contribution in [2.24, 2.45) is 0 Å². The molecule has 2 aromatic rings. The van der Waals surface area contributed by atoms with Gasteiger partial charge in [0.15, 0.2) is 0 Å². The standard InChI is InChI=1S/C14H10O4S.2C13H30N/c15-13(16)9-1-5-11(6-2-9)19-12-7-3-10(4-8-12)14(17)18;2*1-5-8-11-14(4,12-9-6-2)13-10-7-3/h1-8H,(H,15,16)(H,17,18);2*5-13H2,1-4H3/q;2*+1. The van der Waals surface area contributed by atoms with Gasteiger partial charge in [-0.1, -0.05) is 91.8 Å². The molecule has 0 unspecified atom stereocenters. The first-order valence-electron chi connectivity index (χ1n) is 18.4. The number of rotatable bonds is 22. The highest BCUT2D eigenvalue weighted by molar-refractivity contribution is 7.99. The molecular formula is C40H70N2O4S+2. The number of carboxylic acid groups (broad SMARTS) is 2. The van der Waals surface area contributed by atoms with Crippen molar-refractivity contribution in [2.75, 3.05) is 53.4 Å². The number of unbranched alkanes of at least 4 members (excludes halogenated alkanes) is 6. The van der Waals surface area contributed by atoms with Gasteiger partial charge in [0.25, 0.3) is 0 Å². The van der Waals surface area contributed by atoms with Crippen LogP contribution in [0.2, 0.25) is 0 Å². The van der Waals surface area contributed by atoms with Crippen LogP contribution in [0.1, 0.15) is 139 Å². The summed E-state index contributed by atoms with van der Waals surface area (Å²) >= 11 is 1.44. The number of quaternary nitrogens is 2. The van der Waals surface area contributed by atoms with Gasteiger partial charge in [-0.15, -0.1) is 0 Å². The van der Waals surface area contributed by atoms with E-state index >= 15 is 0 Å². The minimum Gasteiger partial charge on any atom is -0.478 e. The molecule has 0 amide bonds. The van der Waals surface area contributed by atoms with Crippen molar-refractivity contribution < 1.29 is 28.8 Å². The van der Waals surface area contributed by atoms with Crippen molar-refractivity contribution >= 4 is 23.7 Å². The Hall–Kier alpha value is -2.35. The zero-order valence-corrected chi connectivity index (χ0v) is 32.2. The zero-order chi connectivity index (χ0) is 35.6. The van der Waals surface area contributed by atoms with Crippen LogP contribution in [0.15, 0.2) is 58.3 Å². The van der Waals surface area contributed by atoms with Crippen LogP contribution in [0.25, 0.3) is 0 Å². The normalized spacial score (nSPS) is 11.2. The van der Waals surface area contributed by atoms with Gasteiger partial charge in [0, 0.05) is 9.79 Å². The van der Waals surface area contributed by atoms with Crippen LogP contribution in [-0.4, -0.2) is 84.5 Å². The summed E-state index contributed by atoms with van der Waals surface area (Å²) in [4.78, 5) is 23.2. The molecule has 0 radical (unpaired) electrons. The lowest BCUT2D eigenvalue weighted by molar-refractivity contribution is -0.910. The molecule has 47 heavy (non-hydrogen) atoms. The van der Waals surface area contributed by atoms with E-state index in [1.165, 1.54) is 161 Å². The molecule has 0 aromatic heterocycles. The molecule has 2 N–H and O–H groups in total. The summed E-state index contributed by atoms with van der Waals surface area (Å²) in [7, 11) is 4.89. The predicted molar refractivity (Wildman–Crippen MR) is 202 cm³/mol. The molecule has 2 aromatic carbocycles. The summed E-state index contributed by atoms with van der Waals surface area (Å²) in [6.07, 6.45) is 16.4. The van der Waals surface area contributed by atoms with Gasteiger partial charge < -0.3 is 19.2 Å². The molecular weight excluding hydrogens is 605 g/mol. The lowest BCUT2D eigenvalue weighted by atomic mass is 10.2. The van der Waals surface area contributed by atoms with E-state index in [9.17, 15) is 9.59 Å². The van der Waals surface area contributed by atoms with Crippen molar-refractivity contribution in [3.8, 4) is 0 Å². The number of carbonyl (C=O) groups is 2. The number of carboxylic acids is 2. The van der Waals surface area contributed by atoms with Crippen LogP contribution >= 0.6 is 11.8 Å². The van der Waals surface area contributed by atoms with Gasteiger partial charge in [-0.3, -0.25) is 0 Å². The Balaban J connectivity index is 0.000000691. The van der Waals surface area contributed by atoms with Crippen LogP contribution < -0.4 is 0 Å². The lowest BCUT2D eigenvalue weighted by Gasteiger charge is -2.34. The lowest BCUT2D eigenvalue weighted by Crippen LogP contribution is -2.46. The zero-order valence-electron chi connectivity index (χ0n) is 31.4. The molecule has 0 aliphatic rings. The number of hydrogen-bond donors (Lipinski definition) is 2. The number of nitrogens with zero attached hydrogens (tertiary/aromatic N) is 2. The monoisotopic (exact) mass is 675 g/mol. The fourth-order valence-electron chi connectivity index (χ4n) is 5.38. The van der Waals surface area contributed by atoms with Crippen LogP contribution in [0.5, 0.6) is 0 Å². The Morgan fingerprint density at radius 1 is 0.468 bits per heavy atom. The molecule has 6 nitrogen and oxygen atoms in total. The van der Waals surface area contributed by atoms with Crippen molar-refractivity contribution in [2.45, 2.75) is 128 Å². The summed E-state index contributed by atoms with van der Waals surface area (Å²) in [6.45, 7) is 22.1. The summed E-state index contributed by atoms with van der Waals surface area (Å²) in [5, 5.41) is 17.6. The van der Waals surface area contributed by atoms with E-state index in [0.717, 1.165) is 9.79 Å². The first kappa shape index (κ1) is 44.6. The second kappa shape index (κ2) is 26.6. The molecule has 0 aliphatic heterocycles. The Labute approximate surface area is 293 Å². The highest BCUT2D eigenvalue weighted by Gasteiger charge is 2.20. The summed E-state index contributed by atoms with van der Waals surface area (Å²) in [5.74, 6) is -1.91. The summed E-state index contributed by atoms with van der Waals surface area (Å²) in [6, 6.07) is 13.0. The largest absolute Gasteiger partial charge is 0.478 e. The molecule has 0 heterocycles. The highest BCUT2D eigenvalue weighted by Crippen LogP contribution is 2.28. The predicted octanol–water partition coefficient (Wildman–Crippen LogP) is 10.9. The third kappa shape index (κ3) is 21.3. The Kier molecular flexibility index (Phi) is 25.3. The summed E-state index contributed by atoms with van der Waals surface area (Å²) in [5.41, 5.74) is 0.483. The van der Waals surface area contributed by atoms with E-state index in [-0.39, 0.29) is 11.1 Å². The Bertz CT molecular complexity index is 944. The molecule has 2 rings (SSSR count). The van der Waals surface area contributed by atoms with Gasteiger partial charge in [0.2, 0.25) is 0 Å². The van der Waals surface area contributed by atoms with E-state index in [0.29, 0.717) is 0 Å². The Morgan fingerprint density at radius 2 is 0.681 bits per heavy atom. The molecule has 7 heteroatoms. The first-order chi connectivity index (χ1) is 22.4. The highest BCUT2D eigenvalue weighted by atomic mass is 32.2. The van der Waals surface area contributed by atoms with Crippen LogP contribution in [0.4, 0.5) is 0 Å². The van der Waals surface area contributed by atoms with E-state index in [2.05, 4.69) is 55.6 Å². The average Bonchev–Trinajstić information content (AvgIpc) is 3.07. The van der Waals surface area contributed by atoms with Crippen LogP contribution in [0, 0.1) is 0 Å². The van der Waals surface area contributed by atoms with Crippen molar-refractivity contribution in [3.05, 3.63) is 59.7 Å². The van der Waals surface area contributed by atoms with Gasteiger partial charge in [-0.25, -0.2) is 9.59 Å². The SMILES string of the molecule is CCCC[N+](C)(CCCC)CCCC.CCCC[N+](C)(CCCC)CCCC.O=C(O)c1ccc(Sc2ccc(C(=O)O)cc2)cc1. The van der Waals surface area contributed by atoms with Gasteiger partial charge in [0.1, 0.15) is 0 Å². The third-order valence-electron chi connectivity index (χ3n) is 8.75. The van der Waals surface area contributed by atoms with Gasteiger partial charge >= 0.3 is 11.9 Å². The van der Waals surface area contributed by atoms with Gasteiger partial charge in [-0.2, -0.15) is 0 Å². The molecule has 0 bridgehead atoms. The molecule has 0 atom stereocenters. The number of hydrogen-bond acceptors (Lipinski definition) is 3. The van der Waals surface area contributed by atoms with Gasteiger partial charge in [-0.05, 0) is 87.1 Å². The third-order valence-corrected chi connectivity index (χ3v) is 9.76.